The quantitative estimate of drug-likeness (QED) is 0.803. The summed E-state index contributed by atoms with van der Waals surface area (Å²) in [7, 11) is 0. The normalized spacial score (nSPS) is 12.6. The maximum atomic E-state index is 3.50. The highest BCUT2D eigenvalue weighted by atomic mass is 14.9. The molecule has 0 bridgehead atoms. The molecule has 0 aliphatic carbocycles. The van der Waals surface area contributed by atoms with Crippen LogP contribution in [0, 0.1) is 6.92 Å². The van der Waals surface area contributed by atoms with Crippen molar-refractivity contribution in [1.29, 1.82) is 0 Å². The summed E-state index contributed by atoms with van der Waals surface area (Å²) in [6.07, 6.45) is 1.95. The summed E-state index contributed by atoms with van der Waals surface area (Å²) in [6, 6.07) is 13.1. The Hall–Kier alpha value is -1.54. The van der Waals surface area contributed by atoms with Crippen molar-refractivity contribution in [1.82, 2.24) is 10.3 Å². The zero-order valence-corrected chi connectivity index (χ0v) is 9.83. The van der Waals surface area contributed by atoms with Crippen LogP contribution in [0.4, 0.5) is 0 Å². The molecule has 0 aliphatic heterocycles. The van der Waals surface area contributed by atoms with E-state index in [1.807, 2.05) is 12.3 Å². The molecule has 0 aliphatic rings. The average molecular weight is 214 g/mol. The first-order valence-corrected chi connectivity index (χ1v) is 5.68. The van der Waals surface area contributed by atoms with Crippen molar-refractivity contribution < 1.29 is 0 Å². The first-order chi connectivity index (χ1) is 7.75. The van der Waals surface area contributed by atoms with Gasteiger partial charge in [0.1, 0.15) is 0 Å². The molecule has 2 N–H and O–H groups in total. The minimum atomic E-state index is 0.378. The average Bonchev–Trinajstić information content (AvgIpc) is 2.78. The number of benzene rings is 1. The molecule has 0 amide bonds. The van der Waals surface area contributed by atoms with E-state index >= 15 is 0 Å². The van der Waals surface area contributed by atoms with Crippen LogP contribution < -0.4 is 5.32 Å². The van der Waals surface area contributed by atoms with Crippen molar-refractivity contribution in [2.24, 2.45) is 0 Å². The smallest absolute Gasteiger partial charge is 0.0362 e. The van der Waals surface area contributed by atoms with Gasteiger partial charge >= 0.3 is 0 Å². The topological polar surface area (TPSA) is 27.8 Å². The van der Waals surface area contributed by atoms with Crippen molar-refractivity contribution >= 4 is 0 Å². The minimum Gasteiger partial charge on any atom is -0.364 e. The fourth-order valence-corrected chi connectivity index (χ4v) is 1.80. The fraction of sp³-hybridized carbons (Fsp3) is 0.286. The van der Waals surface area contributed by atoms with Crippen LogP contribution in [-0.2, 0) is 6.54 Å². The largest absolute Gasteiger partial charge is 0.364 e. The highest BCUT2D eigenvalue weighted by molar-refractivity contribution is 5.24. The van der Waals surface area contributed by atoms with Crippen molar-refractivity contribution in [2.45, 2.75) is 26.4 Å². The molecule has 0 unspecified atom stereocenters. The highest BCUT2D eigenvalue weighted by Crippen LogP contribution is 2.14. The Morgan fingerprint density at radius 1 is 1.25 bits per heavy atom. The summed E-state index contributed by atoms with van der Waals surface area (Å²) in [4.78, 5) is 3.19. The molecular formula is C14H18N2. The predicted molar refractivity (Wildman–Crippen MR) is 67.2 cm³/mol. The number of aromatic nitrogens is 1. The SMILES string of the molecule is Cc1cccc([C@H](C)NCc2ccc[nH]2)c1. The number of nitrogens with one attached hydrogen (secondary N) is 2. The van der Waals surface area contributed by atoms with Crippen molar-refractivity contribution in [2.75, 3.05) is 0 Å². The molecule has 1 atom stereocenters. The van der Waals surface area contributed by atoms with E-state index in [1.165, 1.54) is 16.8 Å². The lowest BCUT2D eigenvalue weighted by Crippen LogP contribution is -2.18. The zero-order valence-electron chi connectivity index (χ0n) is 9.83. The Morgan fingerprint density at radius 3 is 2.81 bits per heavy atom. The van der Waals surface area contributed by atoms with Gasteiger partial charge in [0.2, 0.25) is 0 Å². The molecule has 1 heterocycles. The summed E-state index contributed by atoms with van der Waals surface area (Å²) >= 11 is 0. The molecule has 1 aromatic heterocycles. The van der Waals surface area contributed by atoms with Gasteiger partial charge in [0.15, 0.2) is 0 Å². The third kappa shape index (κ3) is 2.74. The first kappa shape index (κ1) is 11.0. The van der Waals surface area contributed by atoms with E-state index in [-0.39, 0.29) is 0 Å². The number of hydrogen-bond donors (Lipinski definition) is 2. The second-order valence-corrected chi connectivity index (χ2v) is 4.21. The van der Waals surface area contributed by atoms with Gasteiger partial charge in [-0.05, 0) is 31.5 Å². The van der Waals surface area contributed by atoms with Crippen LogP contribution in [0.5, 0.6) is 0 Å². The Labute approximate surface area is 96.7 Å². The molecule has 2 rings (SSSR count). The zero-order chi connectivity index (χ0) is 11.4. The van der Waals surface area contributed by atoms with E-state index < -0.39 is 0 Å². The van der Waals surface area contributed by atoms with E-state index in [2.05, 4.69) is 54.5 Å². The summed E-state index contributed by atoms with van der Waals surface area (Å²) in [5.41, 5.74) is 3.87. The van der Waals surface area contributed by atoms with Crippen LogP contribution in [0.2, 0.25) is 0 Å². The number of aromatic amines is 1. The van der Waals surface area contributed by atoms with Gasteiger partial charge < -0.3 is 10.3 Å². The molecule has 84 valence electrons. The number of aryl methyl sites for hydroxylation is 1. The molecule has 0 spiro atoms. The Balaban J connectivity index is 1.95. The molecule has 1 aromatic carbocycles. The standard InChI is InChI=1S/C14H18N2/c1-11-5-3-6-13(9-11)12(2)16-10-14-7-4-8-15-14/h3-9,12,15-16H,10H2,1-2H3/t12-/m0/s1. The summed E-state index contributed by atoms with van der Waals surface area (Å²) < 4.78 is 0. The van der Waals surface area contributed by atoms with E-state index in [9.17, 15) is 0 Å². The van der Waals surface area contributed by atoms with Gasteiger partial charge in [-0.1, -0.05) is 29.8 Å². The van der Waals surface area contributed by atoms with Gasteiger partial charge in [-0.25, -0.2) is 0 Å². The highest BCUT2D eigenvalue weighted by Gasteiger charge is 2.04. The van der Waals surface area contributed by atoms with Gasteiger partial charge in [0, 0.05) is 24.5 Å². The Bertz CT molecular complexity index is 432. The number of rotatable bonds is 4. The lowest BCUT2D eigenvalue weighted by molar-refractivity contribution is 0.569. The van der Waals surface area contributed by atoms with Gasteiger partial charge in [0.25, 0.3) is 0 Å². The van der Waals surface area contributed by atoms with Crippen LogP contribution in [-0.4, -0.2) is 4.98 Å². The summed E-state index contributed by atoms with van der Waals surface area (Å²) in [5, 5.41) is 3.50. The second-order valence-electron chi connectivity index (χ2n) is 4.21. The lowest BCUT2D eigenvalue weighted by Gasteiger charge is -2.14. The fourth-order valence-electron chi connectivity index (χ4n) is 1.80. The van der Waals surface area contributed by atoms with Crippen LogP contribution in [0.15, 0.2) is 42.6 Å². The summed E-state index contributed by atoms with van der Waals surface area (Å²) in [6.45, 7) is 5.20. The van der Waals surface area contributed by atoms with Gasteiger partial charge in [-0.3, -0.25) is 0 Å². The van der Waals surface area contributed by atoms with Crippen LogP contribution in [0.1, 0.15) is 29.8 Å². The molecule has 0 radical (unpaired) electrons. The first-order valence-electron chi connectivity index (χ1n) is 5.68. The van der Waals surface area contributed by atoms with E-state index in [1.54, 1.807) is 0 Å². The van der Waals surface area contributed by atoms with E-state index in [0.29, 0.717) is 6.04 Å². The maximum Gasteiger partial charge on any atom is 0.0362 e. The number of hydrogen-bond acceptors (Lipinski definition) is 1. The third-order valence-electron chi connectivity index (χ3n) is 2.80. The van der Waals surface area contributed by atoms with Gasteiger partial charge in [-0.15, -0.1) is 0 Å². The van der Waals surface area contributed by atoms with Gasteiger partial charge in [-0.2, -0.15) is 0 Å². The molecule has 0 fully saturated rings. The Morgan fingerprint density at radius 2 is 2.12 bits per heavy atom. The molecule has 2 heteroatoms. The van der Waals surface area contributed by atoms with Crippen molar-refractivity contribution in [3.8, 4) is 0 Å². The van der Waals surface area contributed by atoms with Crippen molar-refractivity contribution in [3.05, 3.63) is 59.4 Å². The number of H-pyrrole nitrogens is 1. The van der Waals surface area contributed by atoms with Crippen LogP contribution >= 0.6 is 0 Å². The van der Waals surface area contributed by atoms with Gasteiger partial charge in [0.05, 0.1) is 0 Å². The maximum absolute atomic E-state index is 3.50. The van der Waals surface area contributed by atoms with Crippen LogP contribution in [0.25, 0.3) is 0 Å². The van der Waals surface area contributed by atoms with E-state index in [4.69, 9.17) is 0 Å². The molecular weight excluding hydrogens is 196 g/mol. The molecule has 16 heavy (non-hydrogen) atoms. The Kier molecular flexibility index (Phi) is 3.42. The molecule has 0 saturated heterocycles. The molecule has 2 nitrogen and oxygen atoms in total. The summed E-state index contributed by atoms with van der Waals surface area (Å²) in [5.74, 6) is 0. The van der Waals surface area contributed by atoms with E-state index in [0.717, 1.165) is 6.54 Å². The molecule has 0 saturated carbocycles. The molecule has 2 aromatic rings. The monoisotopic (exact) mass is 214 g/mol. The lowest BCUT2D eigenvalue weighted by atomic mass is 10.1. The van der Waals surface area contributed by atoms with Crippen LogP contribution in [0.3, 0.4) is 0 Å². The second kappa shape index (κ2) is 4.99. The minimum absolute atomic E-state index is 0.378. The van der Waals surface area contributed by atoms with Crippen molar-refractivity contribution in [3.63, 3.8) is 0 Å². The predicted octanol–water partition coefficient (Wildman–Crippen LogP) is 3.17. The third-order valence-corrected chi connectivity index (χ3v) is 2.80.